The zero-order valence-corrected chi connectivity index (χ0v) is 22.9. The van der Waals surface area contributed by atoms with Crippen LogP contribution in [0.2, 0.25) is 0 Å². The number of hydrogen-bond acceptors (Lipinski definition) is 6. The van der Waals surface area contributed by atoms with Crippen LogP contribution in [0.5, 0.6) is 5.75 Å². The molecule has 194 valence electrons. The van der Waals surface area contributed by atoms with Crippen molar-refractivity contribution in [2.75, 3.05) is 12.0 Å². The van der Waals surface area contributed by atoms with Gasteiger partial charge in [-0.15, -0.1) is 0 Å². The summed E-state index contributed by atoms with van der Waals surface area (Å²) >= 11 is 1.37. The Balaban J connectivity index is 1.69. The minimum absolute atomic E-state index is 0.0391. The molecule has 0 saturated carbocycles. The Kier molecular flexibility index (Phi) is 6.57. The highest BCUT2D eigenvalue weighted by molar-refractivity contribution is 7.22. The first-order chi connectivity index (χ1) is 18.1. The molecule has 38 heavy (non-hydrogen) atoms. The lowest BCUT2D eigenvalue weighted by Gasteiger charge is -2.24. The van der Waals surface area contributed by atoms with E-state index in [1.54, 1.807) is 31.4 Å². The number of aliphatic hydroxyl groups excluding tert-OH is 1. The first-order valence-electron chi connectivity index (χ1n) is 12.6. The largest absolute Gasteiger partial charge is 0.507 e. The number of ether oxygens (including phenoxy) is 1. The highest BCUT2D eigenvalue weighted by Crippen LogP contribution is 2.44. The Hall–Kier alpha value is -3.97. The van der Waals surface area contributed by atoms with E-state index in [1.165, 1.54) is 21.8 Å². The number of hydrogen-bond donors (Lipinski definition) is 1. The number of fused-ring (bicyclic) bond motifs is 1. The monoisotopic (exact) mass is 526 g/mol. The van der Waals surface area contributed by atoms with Gasteiger partial charge in [-0.1, -0.05) is 69.4 Å². The lowest BCUT2D eigenvalue weighted by Crippen LogP contribution is -2.29. The molecule has 1 aliphatic rings. The molecule has 1 aliphatic heterocycles. The van der Waals surface area contributed by atoms with E-state index in [-0.39, 0.29) is 16.7 Å². The lowest BCUT2D eigenvalue weighted by atomic mass is 9.85. The fourth-order valence-corrected chi connectivity index (χ4v) is 5.75. The topological polar surface area (TPSA) is 79.7 Å². The third-order valence-electron chi connectivity index (χ3n) is 6.96. The van der Waals surface area contributed by atoms with Gasteiger partial charge in [0.1, 0.15) is 11.5 Å². The van der Waals surface area contributed by atoms with Crippen molar-refractivity contribution in [3.63, 3.8) is 0 Å². The summed E-state index contributed by atoms with van der Waals surface area (Å²) in [6.45, 7) is 8.47. The number of amides is 1. The fraction of sp³-hybridized carbons (Fsp3) is 0.258. The standard InChI is InChI=1S/C31H30N2O4S/c1-6-18-7-16-23-24(17-18)38-30(32-23)33-26(19-8-12-21(13-9-19)31(2,3)4)25(28(35)29(33)36)27(34)20-10-14-22(37-5)15-11-20/h7-17,26,34H,6H2,1-5H3. The van der Waals surface area contributed by atoms with Gasteiger partial charge < -0.3 is 9.84 Å². The van der Waals surface area contributed by atoms with Crippen molar-refractivity contribution >= 4 is 44.1 Å². The maximum atomic E-state index is 13.5. The molecule has 1 aromatic heterocycles. The Labute approximate surface area is 226 Å². The number of methoxy groups -OCH3 is 1. The van der Waals surface area contributed by atoms with Crippen molar-refractivity contribution in [1.82, 2.24) is 4.98 Å². The van der Waals surface area contributed by atoms with Gasteiger partial charge in [-0.2, -0.15) is 0 Å². The number of anilines is 1. The van der Waals surface area contributed by atoms with Gasteiger partial charge in [0.25, 0.3) is 5.78 Å². The van der Waals surface area contributed by atoms with Crippen LogP contribution in [-0.4, -0.2) is 28.9 Å². The van der Waals surface area contributed by atoms with Crippen LogP contribution < -0.4 is 9.64 Å². The molecule has 1 unspecified atom stereocenters. The van der Waals surface area contributed by atoms with E-state index >= 15 is 0 Å². The maximum Gasteiger partial charge on any atom is 0.301 e. The van der Waals surface area contributed by atoms with Crippen LogP contribution >= 0.6 is 11.3 Å². The summed E-state index contributed by atoms with van der Waals surface area (Å²) in [4.78, 5) is 33.2. The van der Waals surface area contributed by atoms with Crippen LogP contribution in [0.15, 0.2) is 72.3 Å². The normalized spacial score (nSPS) is 17.4. The van der Waals surface area contributed by atoms with Crippen molar-refractivity contribution in [2.45, 2.75) is 45.6 Å². The van der Waals surface area contributed by atoms with E-state index in [4.69, 9.17) is 9.72 Å². The average Bonchev–Trinajstić information content (AvgIpc) is 3.45. The molecule has 1 N–H and O–H groups in total. The lowest BCUT2D eigenvalue weighted by molar-refractivity contribution is -0.132. The van der Waals surface area contributed by atoms with Gasteiger partial charge in [-0.25, -0.2) is 4.98 Å². The minimum atomic E-state index is -0.822. The molecule has 1 atom stereocenters. The predicted molar refractivity (Wildman–Crippen MR) is 152 cm³/mol. The molecule has 1 fully saturated rings. The van der Waals surface area contributed by atoms with E-state index in [1.807, 2.05) is 36.4 Å². The van der Waals surface area contributed by atoms with E-state index in [2.05, 4.69) is 33.8 Å². The molecule has 0 radical (unpaired) electrons. The number of nitrogens with zero attached hydrogens (tertiary/aromatic N) is 2. The molecule has 4 aromatic rings. The summed E-state index contributed by atoms with van der Waals surface area (Å²) in [7, 11) is 1.56. The highest BCUT2D eigenvalue weighted by atomic mass is 32.1. The molecule has 7 heteroatoms. The van der Waals surface area contributed by atoms with E-state index in [0.717, 1.165) is 27.8 Å². The molecule has 3 aromatic carbocycles. The molecule has 5 rings (SSSR count). The quantitative estimate of drug-likeness (QED) is 0.176. The third-order valence-corrected chi connectivity index (χ3v) is 7.97. The second kappa shape index (κ2) is 9.72. The number of thiazole rings is 1. The number of rotatable bonds is 5. The fourth-order valence-electron chi connectivity index (χ4n) is 4.69. The number of carbonyl (C=O) groups is 2. The number of aromatic nitrogens is 1. The van der Waals surface area contributed by atoms with Gasteiger partial charge in [0.15, 0.2) is 5.13 Å². The van der Waals surface area contributed by atoms with E-state index < -0.39 is 17.7 Å². The maximum absolute atomic E-state index is 13.5. The zero-order valence-electron chi connectivity index (χ0n) is 22.1. The molecule has 0 bridgehead atoms. The Morgan fingerprint density at radius 3 is 2.32 bits per heavy atom. The molecule has 6 nitrogen and oxygen atoms in total. The van der Waals surface area contributed by atoms with Gasteiger partial charge in [0.2, 0.25) is 0 Å². The smallest absolute Gasteiger partial charge is 0.301 e. The number of benzene rings is 3. The first kappa shape index (κ1) is 25.7. The van der Waals surface area contributed by atoms with Crippen LogP contribution in [0, 0.1) is 0 Å². The summed E-state index contributed by atoms with van der Waals surface area (Å²) < 4.78 is 6.17. The summed E-state index contributed by atoms with van der Waals surface area (Å²) in [5, 5.41) is 11.8. The summed E-state index contributed by atoms with van der Waals surface area (Å²) in [5.74, 6) is -1.05. The van der Waals surface area contributed by atoms with Crippen LogP contribution in [0.1, 0.15) is 56.0 Å². The molecule has 2 heterocycles. The summed E-state index contributed by atoms with van der Waals surface area (Å²) in [5.41, 5.74) is 4.19. The molecule has 0 aliphatic carbocycles. The summed E-state index contributed by atoms with van der Waals surface area (Å²) in [6.07, 6.45) is 0.885. The van der Waals surface area contributed by atoms with Gasteiger partial charge in [-0.3, -0.25) is 14.5 Å². The number of carbonyl (C=O) groups excluding carboxylic acids is 2. The minimum Gasteiger partial charge on any atom is -0.507 e. The molecular weight excluding hydrogens is 496 g/mol. The zero-order chi connectivity index (χ0) is 27.2. The van der Waals surface area contributed by atoms with Gasteiger partial charge in [-0.05, 0) is 64.9 Å². The van der Waals surface area contributed by atoms with Crippen molar-refractivity contribution in [3.8, 4) is 5.75 Å². The van der Waals surface area contributed by atoms with Crippen LogP contribution in [0.25, 0.3) is 16.0 Å². The number of ketones is 1. The van der Waals surface area contributed by atoms with Crippen molar-refractivity contribution in [2.24, 2.45) is 0 Å². The van der Waals surface area contributed by atoms with Crippen LogP contribution in [-0.2, 0) is 21.4 Å². The third kappa shape index (κ3) is 4.47. The second-order valence-corrected chi connectivity index (χ2v) is 11.4. The molecular formula is C31H30N2O4S. The van der Waals surface area contributed by atoms with Crippen molar-refractivity contribution < 1.29 is 19.4 Å². The van der Waals surface area contributed by atoms with Gasteiger partial charge in [0.05, 0.1) is 28.9 Å². The number of aliphatic hydroxyl groups is 1. The number of Topliss-reactive ketones (excluding diaryl/α,β-unsaturated/α-hetero) is 1. The first-order valence-corrected chi connectivity index (χ1v) is 13.4. The number of aryl methyl sites for hydroxylation is 1. The highest BCUT2D eigenvalue weighted by Gasteiger charge is 2.48. The second-order valence-electron chi connectivity index (χ2n) is 10.4. The average molecular weight is 527 g/mol. The van der Waals surface area contributed by atoms with E-state index in [0.29, 0.717) is 16.4 Å². The van der Waals surface area contributed by atoms with Crippen LogP contribution in [0.4, 0.5) is 5.13 Å². The Bertz CT molecular complexity index is 1560. The molecule has 1 saturated heterocycles. The van der Waals surface area contributed by atoms with Crippen LogP contribution in [0.3, 0.4) is 0 Å². The molecule has 1 amide bonds. The summed E-state index contributed by atoms with van der Waals surface area (Å²) in [6, 6.07) is 19.8. The van der Waals surface area contributed by atoms with Gasteiger partial charge in [0, 0.05) is 5.56 Å². The molecule has 0 spiro atoms. The van der Waals surface area contributed by atoms with Crippen molar-refractivity contribution in [3.05, 3.63) is 94.6 Å². The predicted octanol–water partition coefficient (Wildman–Crippen LogP) is 6.79. The van der Waals surface area contributed by atoms with Gasteiger partial charge >= 0.3 is 5.91 Å². The van der Waals surface area contributed by atoms with E-state index in [9.17, 15) is 14.7 Å². The Morgan fingerprint density at radius 1 is 1.03 bits per heavy atom. The van der Waals surface area contributed by atoms with Crippen molar-refractivity contribution in [1.29, 1.82) is 0 Å². The SMILES string of the molecule is CCc1ccc2nc(N3C(=O)C(=O)C(=C(O)c4ccc(OC)cc4)C3c3ccc(C(C)(C)C)cc3)sc2c1. The Morgan fingerprint density at radius 2 is 1.71 bits per heavy atom.